The molecule has 0 radical (unpaired) electrons. The van der Waals surface area contributed by atoms with E-state index in [9.17, 15) is 40.4 Å². The summed E-state index contributed by atoms with van der Waals surface area (Å²) in [5.41, 5.74) is -2.71. The largest absolute Gasteiger partial charge is 0.459 e. The van der Waals surface area contributed by atoms with Crippen molar-refractivity contribution in [1.29, 1.82) is 0 Å². The summed E-state index contributed by atoms with van der Waals surface area (Å²) in [7, 11) is 5.26. The summed E-state index contributed by atoms with van der Waals surface area (Å²) < 4.78 is 38.0. The molecule has 20 heteroatoms. The van der Waals surface area contributed by atoms with Crippen LogP contribution in [0, 0.1) is 22.0 Å². The van der Waals surface area contributed by atoms with Gasteiger partial charge in [-0.3, -0.25) is 19.8 Å². The number of thiazole rings is 1. The Labute approximate surface area is 419 Å². The second-order valence-electron chi connectivity index (χ2n) is 20.3. The predicted octanol–water partition coefficient (Wildman–Crippen LogP) is 4.64. The zero-order chi connectivity index (χ0) is 50.6. The Balaban J connectivity index is 1.44. The number of benzene rings is 1. The highest BCUT2D eigenvalue weighted by molar-refractivity contribution is 14.1. The zero-order valence-electron chi connectivity index (χ0n) is 41.7. The van der Waals surface area contributed by atoms with E-state index in [2.05, 4.69) is 27.5 Å². The van der Waals surface area contributed by atoms with Crippen molar-refractivity contribution >= 4 is 45.6 Å². The zero-order valence-corrected chi connectivity index (χ0v) is 44.7. The quantitative estimate of drug-likeness (QED) is 0.0604. The van der Waals surface area contributed by atoms with E-state index in [4.69, 9.17) is 33.4 Å². The molecule has 3 aliphatic rings. The minimum absolute atomic E-state index is 0.0359. The molecule has 0 bridgehead atoms. The SMILES string of the molecule is CC[C@H]1OC(=O)[C@H](C)[C@@H](O[C@H]2C[C@@](C)(OC)[C@@H](O)[C@H](C)O2)[C@H](C)[C@@H](O[C@@H]2O[C@H](C)C[C@H](N(C)CCc3csc(Cc4ccc([N+](=O)[O-])cc4)n3)[C@H]2O)[C@](C)(O)C[C@@H](I)CN(C)[C@H](C)[C@@H](O)[C@]1(C)O. The third-order valence-electron chi connectivity index (χ3n) is 14.7. The van der Waals surface area contributed by atoms with Crippen LogP contribution in [0.3, 0.4) is 0 Å². The Hall–Kier alpha value is -2.03. The summed E-state index contributed by atoms with van der Waals surface area (Å²) in [6.07, 6.45) is -7.99. The Morgan fingerprint density at radius 1 is 1.03 bits per heavy atom. The first-order valence-corrected chi connectivity index (χ1v) is 25.9. The lowest BCUT2D eigenvalue weighted by molar-refractivity contribution is -0.384. The van der Waals surface area contributed by atoms with E-state index >= 15 is 0 Å². The van der Waals surface area contributed by atoms with E-state index in [0.29, 0.717) is 32.4 Å². The van der Waals surface area contributed by atoms with Crippen LogP contribution in [0.1, 0.15) is 104 Å². The number of hydrogen-bond acceptors (Lipinski definition) is 18. The second-order valence-corrected chi connectivity index (χ2v) is 23.0. The van der Waals surface area contributed by atoms with Crippen molar-refractivity contribution in [3.8, 4) is 0 Å². The number of rotatable bonds is 13. The first kappa shape index (κ1) is 56.9. The number of non-ortho nitro benzene ring substituents is 1. The summed E-state index contributed by atoms with van der Waals surface area (Å²) in [5.74, 6) is -2.61. The molecule has 0 aliphatic carbocycles. The van der Waals surface area contributed by atoms with Crippen LogP contribution < -0.4 is 0 Å². The number of nitro groups is 1. The maximum atomic E-state index is 14.5. The summed E-state index contributed by atoms with van der Waals surface area (Å²) >= 11 is 3.79. The number of likely N-dealkylation sites (N-methyl/N-ethyl adjacent to an activating group) is 2. The van der Waals surface area contributed by atoms with Gasteiger partial charge in [0, 0.05) is 78.9 Å². The number of carbonyl (C=O) groups is 1. The highest BCUT2D eigenvalue weighted by Crippen LogP contribution is 2.40. The van der Waals surface area contributed by atoms with Gasteiger partial charge in [0.15, 0.2) is 12.6 Å². The molecule has 18 atom stereocenters. The molecular weight excluding hydrogens is 1020 g/mol. The number of halogens is 1. The fourth-order valence-electron chi connectivity index (χ4n) is 10.1. The van der Waals surface area contributed by atoms with Crippen LogP contribution >= 0.6 is 33.9 Å². The van der Waals surface area contributed by atoms with Gasteiger partial charge in [-0.15, -0.1) is 11.3 Å². The van der Waals surface area contributed by atoms with Crippen LogP contribution in [0.5, 0.6) is 0 Å². The fourth-order valence-corrected chi connectivity index (χ4v) is 12.5. The lowest BCUT2D eigenvalue weighted by Gasteiger charge is -2.49. The Kier molecular flexibility index (Phi) is 19.8. The molecule has 3 saturated heterocycles. The highest BCUT2D eigenvalue weighted by Gasteiger charge is 2.53. The van der Waals surface area contributed by atoms with Gasteiger partial charge in [-0.05, 0) is 87.4 Å². The number of aliphatic hydroxyl groups is 5. The maximum absolute atomic E-state index is 14.5. The molecule has 0 amide bonds. The predicted molar refractivity (Wildman–Crippen MR) is 263 cm³/mol. The van der Waals surface area contributed by atoms with E-state index < -0.39 is 107 Å². The molecule has 0 saturated carbocycles. The maximum Gasteiger partial charge on any atom is 0.311 e. The number of carbonyl (C=O) groups excluding carboxylic acids is 1. The highest BCUT2D eigenvalue weighted by atomic mass is 127. The van der Waals surface area contributed by atoms with Crippen LogP contribution in [-0.2, 0) is 46.1 Å². The van der Waals surface area contributed by atoms with Gasteiger partial charge in [-0.1, -0.05) is 48.6 Å². The van der Waals surface area contributed by atoms with Crippen LogP contribution in [0.15, 0.2) is 29.6 Å². The van der Waals surface area contributed by atoms with Crippen LogP contribution in [0.4, 0.5) is 5.69 Å². The Morgan fingerprint density at radius 2 is 1.69 bits per heavy atom. The fraction of sp³-hybridized carbons (Fsp3) is 0.792. The number of aromatic nitrogens is 1. The average Bonchev–Trinajstić information content (AvgIpc) is 3.73. The van der Waals surface area contributed by atoms with E-state index in [1.54, 1.807) is 53.7 Å². The van der Waals surface area contributed by atoms with Crippen molar-refractivity contribution in [2.75, 3.05) is 34.3 Å². The number of methoxy groups -OCH3 is 1. The molecule has 386 valence electrons. The number of nitrogens with zero attached hydrogens (tertiary/aromatic N) is 4. The van der Waals surface area contributed by atoms with E-state index in [-0.39, 0.29) is 35.0 Å². The molecule has 0 spiro atoms. The van der Waals surface area contributed by atoms with Gasteiger partial charge in [0.25, 0.3) is 5.69 Å². The smallest absolute Gasteiger partial charge is 0.311 e. The monoisotopic (exact) mass is 1090 g/mol. The molecule has 1 aromatic heterocycles. The Bertz CT molecular complexity index is 1950. The number of nitro benzene ring substituents is 1. The van der Waals surface area contributed by atoms with Crippen LogP contribution in [-0.4, -0.2) is 180 Å². The topological polar surface area (TPSA) is 236 Å². The third-order valence-corrected chi connectivity index (χ3v) is 16.4. The van der Waals surface area contributed by atoms with Crippen molar-refractivity contribution in [3.63, 3.8) is 0 Å². The van der Waals surface area contributed by atoms with Crippen LogP contribution in [0.25, 0.3) is 0 Å². The standard InChI is InChI=1S/C48H77IN4O14S/c1-13-36-48(9,59)41(55)29(5)52(11)24-32(49)22-46(7,58)43(27(3)40(28(4)44(57)65-36)66-38-23-47(8,62-12)42(56)30(6)64-38)67-45-39(54)35(20-26(2)63-45)51(10)19-18-33-25-68-37(50-33)21-31-14-16-34(17-15-31)53(60)61/h14-17,25-30,32,35-36,38-43,45,54-56,58-59H,13,18-24H2,1-12H3/t26-,27+,28-,29-,30+,32-,35+,36-,38+,39-,40+,41-,42+,43-,45+,46-,47-,48-/m1/s1. The molecule has 1 aromatic carbocycles. The van der Waals surface area contributed by atoms with Crippen molar-refractivity contribution < 1.29 is 63.7 Å². The van der Waals surface area contributed by atoms with E-state index in [1.807, 2.05) is 38.2 Å². The molecule has 18 nitrogen and oxygen atoms in total. The van der Waals surface area contributed by atoms with Crippen LogP contribution in [0.2, 0.25) is 0 Å². The molecule has 0 unspecified atom stereocenters. The van der Waals surface area contributed by atoms with Gasteiger partial charge in [0.1, 0.15) is 30.0 Å². The molecule has 5 N–H and O–H groups in total. The van der Waals surface area contributed by atoms with E-state index in [0.717, 1.165) is 16.3 Å². The van der Waals surface area contributed by atoms with Gasteiger partial charge in [-0.2, -0.15) is 0 Å². The molecule has 3 aliphatic heterocycles. The molecule has 4 heterocycles. The number of alkyl halides is 1. The van der Waals surface area contributed by atoms with Gasteiger partial charge in [0.05, 0.1) is 57.2 Å². The van der Waals surface area contributed by atoms with Gasteiger partial charge >= 0.3 is 5.97 Å². The number of esters is 1. The van der Waals surface area contributed by atoms with Crippen molar-refractivity contribution in [2.24, 2.45) is 11.8 Å². The van der Waals surface area contributed by atoms with Crippen molar-refractivity contribution in [1.82, 2.24) is 14.8 Å². The number of ether oxygens (including phenoxy) is 6. The van der Waals surface area contributed by atoms with Gasteiger partial charge in [0.2, 0.25) is 0 Å². The first-order chi connectivity index (χ1) is 31.7. The molecule has 5 rings (SSSR count). The second kappa shape index (κ2) is 23.7. The number of cyclic esters (lactones) is 1. The lowest BCUT2D eigenvalue weighted by Crippen LogP contribution is -2.61. The normalized spacial score (nSPS) is 40.6. The average molecular weight is 1090 g/mol. The van der Waals surface area contributed by atoms with E-state index in [1.165, 1.54) is 37.5 Å². The minimum Gasteiger partial charge on any atom is -0.459 e. The summed E-state index contributed by atoms with van der Waals surface area (Å²) in [5, 5.41) is 73.5. The summed E-state index contributed by atoms with van der Waals surface area (Å²) in [6.45, 7) is 16.5. The van der Waals surface area contributed by atoms with Gasteiger partial charge < -0.3 is 58.9 Å². The number of hydrogen-bond donors (Lipinski definition) is 5. The molecular formula is C48H77IN4O14S. The molecule has 68 heavy (non-hydrogen) atoms. The minimum atomic E-state index is -1.84. The van der Waals surface area contributed by atoms with Crippen molar-refractivity contribution in [2.45, 2.75) is 195 Å². The summed E-state index contributed by atoms with van der Waals surface area (Å²) in [6, 6.07) is 5.45. The van der Waals surface area contributed by atoms with Gasteiger partial charge in [-0.25, -0.2) is 4.98 Å². The molecule has 2 aromatic rings. The lowest BCUT2D eigenvalue weighted by atomic mass is 9.79. The van der Waals surface area contributed by atoms with Crippen molar-refractivity contribution in [3.05, 3.63) is 56.0 Å². The number of aliphatic hydroxyl groups excluding tert-OH is 3. The third kappa shape index (κ3) is 13.5. The Morgan fingerprint density at radius 3 is 2.31 bits per heavy atom. The first-order valence-electron chi connectivity index (χ1n) is 23.8. The molecule has 3 fully saturated rings. The summed E-state index contributed by atoms with van der Waals surface area (Å²) in [4.78, 5) is 33.9.